The first-order valence-corrected chi connectivity index (χ1v) is 17.6. The van der Waals surface area contributed by atoms with E-state index in [0.29, 0.717) is 5.56 Å². The fraction of sp³-hybridized carbons (Fsp3) is 0.0851. The van der Waals surface area contributed by atoms with E-state index in [4.69, 9.17) is 9.97 Å². The summed E-state index contributed by atoms with van der Waals surface area (Å²) in [5, 5.41) is 12.6. The number of pyridine rings is 1. The smallest absolute Gasteiger partial charge is 0.147 e. The van der Waals surface area contributed by atoms with Crippen molar-refractivity contribution in [3.8, 4) is 56.7 Å². The second kappa shape index (κ2) is 12.2. The highest BCUT2D eigenvalue weighted by Crippen LogP contribution is 2.40. The number of para-hydroxylation sites is 4. The Kier molecular flexibility index (Phi) is 7.34. The van der Waals surface area contributed by atoms with Crippen molar-refractivity contribution in [1.29, 1.82) is 5.26 Å². The number of hydrogen-bond donors (Lipinski definition) is 1. The Balaban J connectivity index is 1.28. The topological polar surface area (TPSA) is 70.3 Å². The molecule has 0 radical (unpaired) electrons. The largest absolute Gasteiger partial charge is 0.354 e. The summed E-state index contributed by atoms with van der Waals surface area (Å²) in [5.41, 5.74) is 13.4. The van der Waals surface area contributed by atoms with Crippen LogP contribution in [0, 0.1) is 11.3 Å². The number of H-pyrrole nitrogens is 1. The lowest BCUT2D eigenvalue weighted by Gasteiger charge is -2.22. The van der Waals surface area contributed by atoms with Gasteiger partial charge in [0.2, 0.25) is 0 Å². The molecular formula is C47H35N5. The van der Waals surface area contributed by atoms with E-state index in [9.17, 15) is 5.26 Å². The molecule has 0 unspecified atom stereocenters. The van der Waals surface area contributed by atoms with Crippen LogP contribution in [-0.4, -0.2) is 19.5 Å². The molecule has 9 aromatic rings. The maximum absolute atomic E-state index is 10.2. The van der Waals surface area contributed by atoms with Crippen molar-refractivity contribution in [1.82, 2.24) is 19.5 Å². The van der Waals surface area contributed by atoms with Crippen LogP contribution in [0.25, 0.3) is 83.4 Å². The Bertz CT molecular complexity index is 2830. The van der Waals surface area contributed by atoms with Crippen LogP contribution in [0.5, 0.6) is 0 Å². The molecule has 0 saturated heterocycles. The minimum Gasteiger partial charge on any atom is -0.354 e. The highest BCUT2D eigenvalue weighted by molar-refractivity contribution is 6.12. The SMILES string of the molecule is CC(C)(C)c1cc(-c2cc(C#N)c(-c3ccccc3)cn2)cc(-c2cccc3c2nc(-c2cccc4c2[nH]c2ccccc24)n3-c2ccccc2)c1. The lowest BCUT2D eigenvalue weighted by molar-refractivity contribution is 0.590. The van der Waals surface area contributed by atoms with E-state index >= 15 is 0 Å². The fourth-order valence-corrected chi connectivity index (χ4v) is 7.33. The number of benzene rings is 6. The molecular weight excluding hydrogens is 635 g/mol. The van der Waals surface area contributed by atoms with Crippen molar-refractivity contribution in [3.05, 3.63) is 163 Å². The van der Waals surface area contributed by atoms with Gasteiger partial charge in [-0.2, -0.15) is 5.26 Å². The molecule has 0 aliphatic heterocycles. The average molecular weight is 670 g/mol. The fourth-order valence-electron chi connectivity index (χ4n) is 7.33. The first-order valence-electron chi connectivity index (χ1n) is 17.6. The third-order valence-electron chi connectivity index (χ3n) is 10.00. The predicted molar refractivity (Wildman–Crippen MR) is 213 cm³/mol. The molecule has 5 heteroatoms. The second-order valence-corrected chi connectivity index (χ2v) is 14.3. The van der Waals surface area contributed by atoms with E-state index in [1.165, 1.54) is 16.3 Å². The summed E-state index contributed by atoms with van der Waals surface area (Å²) in [6.07, 6.45) is 1.83. The summed E-state index contributed by atoms with van der Waals surface area (Å²) in [5.74, 6) is 0.870. The Hall–Kier alpha value is -6.77. The van der Waals surface area contributed by atoms with E-state index < -0.39 is 0 Å². The monoisotopic (exact) mass is 669 g/mol. The molecule has 0 aliphatic carbocycles. The number of nitriles is 1. The van der Waals surface area contributed by atoms with Gasteiger partial charge >= 0.3 is 0 Å². The summed E-state index contributed by atoms with van der Waals surface area (Å²) >= 11 is 0. The molecule has 0 fully saturated rings. The van der Waals surface area contributed by atoms with Crippen molar-refractivity contribution < 1.29 is 0 Å². The van der Waals surface area contributed by atoms with Crippen molar-refractivity contribution in [2.75, 3.05) is 0 Å². The molecule has 6 aromatic carbocycles. The highest BCUT2D eigenvalue weighted by atomic mass is 15.1. The first kappa shape index (κ1) is 31.2. The Morgan fingerprint density at radius 1 is 0.635 bits per heavy atom. The number of aromatic nitrogens is 4. The number of fused-ring (bicyclic) bond motifs is 4. The summed E-state index contributed by atoms with van der Waals surface area (Å²) in [4.78, 5) is 14.1. The van der Waals surface area contributed by atoms with Gasteiger partial charge in [0.05, 0.1) is 33.9 Å². The molecule has 0 aliphatic rings. The highest BCUT2D eigenvalue weighted by Gasteiger charge is 2.23. The first-order chi connectivity index (χ1) is 25.4. The Labute approximate surface area is 302 Å². The molecule has 0 bridgehead atoms. The molecule has 3 aromatic heterocycles. The summed E-state index contributed by atoms with van der Waals surface area (Å²) < 4.78 is 2.27. The van der Waals surface area contributed by atoms with E-state index in [1.54, 1.807) is 0 Å². The van der Waals surface area contributed by atoms with Crippen LogP contribution in [0.15, 0.2) is 152 Å². The van der Waals surface area contributed by atoms with Gasteiger partial charge in [-0.15, -0.1) is 0 Å². The van der Waals surface area contributed by atoms with Crippen molar-refractivity contribution in [2.24, 2.45) is 0 Å². The van der Waals surface area contributed by atoms with Gasteiger partial charge < -0.3 is 4.98 Å². The van der Waals surface area contributed by atoms with Crippen LogP contribution in [0.4, 0.5) is 0 Å². The van der Waals surface area contributed by atoms with Gasteiger partial charge in [0.1, 0.15) is 5.82 Å². The van der Waals surface area contributed by atoms with Gasteiger partial charge in [-0.05, 0) is 70.6 Å². The Morgan fingerprint density at radius 2 is 1.33 bits per heavy atom. The van der Waals surface area contributed by atoms with Crippen LogP contribution in [0.3, 0.4) is 0 Å². The van der Waals surface area contributed by atoms with Crippen molar-refractivity contribution in [2.45, 2.75) is 26.2 Å². The third kappa shape index (κ3) is 5.25. The molecule has 0 amide bonds. The summed E-state index contributed by atoms with van der Waals surface area (Å²) in [6.45, 7) is 6.69. The van der Waals surface area contributed by atoms with Crippen molar-refractivity contribution in [3.63, 3.8) is 0 Å². The number of nitrogens with zero attached hydrogens (tertiary/aromatic N) is 4. The van der Waals surface area contributed by atoms with E-state index in [0.717, 1.165) is 72.7 Å². The van der Waals surface area contributed by atoms with E-state index in [1.807, 2.05) is 48.7 Å². The Morgan fingerprint density at radius 3 is 2.12 bits per heavy atom. The lowest BCUT2D eigenvalue weighted by atomic mass is 9.83. The average Bonchev–Trinajstić information content (AvgIpc) is 3.77. The van der Waals surface area contributed by atoms with E-state index in [2.05, 4.69) is 140 Å². The summed E-state index contributed by atoms with van der Waals surface area (Å²) in [7, 11) is 0. The van der Waals surface area contributed by atoms with Gasteiger partial charge in [0.15, 0.2) is 0 Å². The zero-order valence-corrected chi connectivity index (χ0v) is 29.2. The number of imidazole rings is 1. The lowest BCUT2D eigenvalue weighted by Crippen LogP contribution is -2.11. The van der Waals surface area contributed by atoms with Crippen LogP contribution < -0.4 is 0 Å². The van der Waals surface area contributed by atoms with Gasteiger partial charge in [0, 0.05) is 50.4 Å². The van der Waals surface area contributed by atoms with Crippen LogP contribution in [-0.2, 0) is 5.41 Å². The van der Waals surface area contributed by atoms with Gasteiger partial charge in [-0.1, -0.05) is 118 Å². The zero-order valence-electron chi connectivity index (χ0n) is 29.2. The van der Waals surface area contributed by atoms with Crippen LogP contribution >= 0.6 is 0 Å². The molecule has 248 valence electrons. The van der Waals surface area contributed by atoms with Gasteiger partial charge in [-0.25, -0.2) is 4.98 Å². The normalized spacial score (nSPS) is 11.7. The minimum atomic E-state index is -0.138. The van der Waals surface area contributed by atoms with E-state index in [-0.39, 0.29) is 5.41 Å². The molecule has 0 atom stereocenters. The maximum atomic E-state index is 10.2. The molecule has 1 N–H and O–H groups in total. The van der Waals surface area contributed by atoms with Crippen LogP contribution in [0.1, 0.15) is 31.9 Å². The van der Waals surface area contributed by atoms with Crippen molar-refractivity contribution >= 4 is 32.8 Å². The number of hydrogen-bond acceptors (Lipinski definition) is 3. The number of aromatic amines is 1. The van der Waals surface area contributed by atoms with Gasteiger partial charge in [0.25, 0.3) is 0 Å². The zero-order chi connectivity index (χ0) is 35.4. The second-order valence-electron chi connectivity index (χ2n) is 14.3. The van der Waals surface area contributed by atoms with Crippen LogP contribution in [0.2, 0.25) is 0 Å². The number of rotatable bonds is 5. The molecule has 5 nitrogen and oxygen atoms in total. The summed E-state index contributed by atoms with van der Waals surface area (Å²) in [6, 6.07) is 52.8. The standard InChI is InChI=1S/C47H35N5/c1-47(2,3)34-25-31(24-32(26-34)42-27-33(28-48)40(29-49-42)30-14-6-4-7-15-30)36-19-13-23-43-45(36)51-46(52(43)35-16-8-5-9-17-35)39-21-12-20-38-37-18-10-11-22-41(37)50-44(38)39/h4-27,29,50H,1-3H3. The molecule has 0 spiro atoms. The molecule has 9 rings (SSSR count). The number of nitrogens with one attached hydrogen (secondary N) is 1. The third-order valence-corrected chi connectivity index (χ3v) is 10.00. The molecule has 0 saturated carbocycles. The predicted octanol–water partition coefficient (Wildman–Crippen LogP) is 11.9. The molecule has 3 heterocycles. The molecule has 52 heavy (non-hydrogen) atoms. The minimum absolute atomic E-state index is 0.138. The maximum Gasteiger partial charge on any atom is 0.147 e. The van der Waals surface area contributed by atoms with Gasteiger partial charge in [-0.3, -0.25) is 9.55 Å². The quantitative estimate of drug-likeness (QED) is 0.198.